The van der Waals surface area contributed by atoms with Crippen LogP contribution in [0.5, 0.6) is 0 Å². The van der Waals surface area contributed by atoms with E-state index in [-0.39, 0.29) is 5.56 Å². The molecule has 0 aliphatic carbocycles. The molecule has 0 saturated heterocycles. The van der Waals surface area contributed by atoms with E-state index in [4.69, 9.17) is 16.7 Å². The summed E-state index contributed by atoms with van der Waals surface area (Å²) in [7, 11) is 0. The quantitative estimate of drug-likeness (QED) is 0.707. The summed E-state index contributed by atoms with van der Waals surface area (Å²) in [4.78, 5) is 10.5. The molecule has 1 atom stereocenters. The van der Waals surface area contributed by atoms with Gasteiger partial charge in [-0.25, -0.2) is 0 Å². The summed E-state index contributed by atoms with van der Waals surface area (Å²) >= 11 is 6.89. The molecular weight excluding hydrogens is 226 g/mol. The molecule has 0 aliphatic heterocycles. The van der Waals surface area contributed by atoms with Crippen molar-refractivity contribution in [2.45, 2.75) is 0 Å². The van der Waals surface area contributed by atoms with Crippen LogP contribution in [0.1, 0.15) is 10.4 Å². The number of carboxylic acids is 1. The Bertz CT molecular complexity index is 298. The Morgan fingerprint density at radius 2 is 2.18 bits per heavy atom. The fourth-order valence-electron chi connectivity index (χ4n) is 0.714. The topological polar surface area (TPSA) is 37.3 Å². The standard InChI is InChI=1S/C7H6AsClO2/c8-6-2-1-4(9)3-5(6)7(10)11/h1-3H,8H2,(H,10,11). The first kappa shape index (κ1) is 8.63. The molecule has 1 aromatic carbocycles. The van der Waals surface area contributed by atoms with E-state index in [0.29, 0.717) is 5.02 Å². The molecule has 0 saturated carbocycles. The molecule has 0 aliphatic rings. The molecule has 2 nitrogen and oxygen atoms in total. The van der Waals surface area contributed by atoms with E-state index >= 15 is 0 Å². The number of benzene rings is 1. The molecular formula is C7H6AsClO2. The number of hydrogen-bond donors (Lipinski definition) is 1. The van der Waals surface area contributed by atoms with Gasteiger partial charge in [-0.15, -0.1) is 0 Å². The Hall–Kier alpha value is -0.462. The second-order valence-corrected chi connectivity index (χ2v) is 3.78. The normalized spacial score (nSPS) is 9.64. The Morgan fingerprint density at radius 3 is 2.64 bits per heavy atom. The van der Waals surface area contributed by atoms with Crippen LogP contribution < -0.4 is 4.35 Å². The molecule has 1 N–H and O–H groups in total. The van der Waals surface area contributed by atoms with Gasteiger partial charge in [0, 0.05) is 0 Å². The number of carbonyl (C=O) groups is 1. The molecule has 58 valence electrons. The van der Waals surface area contributed by atoms with Crippen molar-refractivity contribution in [3.8, 4) is 0 Å². The summed E-state index contributed by atoms with van der Waals surface area (Å²) in [5.41, 5.74) is 0.289. The van der Waals surface area contributed by atoms with Crippen LogP contribution in [0.3, 0.4) is 0 Å². The van der Waals surface area contributed by atoms with Crippen molar-refractivity contribution in [2.24, 2.45) is 0 Å². The Balaban J connectivity index is 3.23. The third-order valence-corrected chi connectivity index (χ3v) is 2.54. The fourth-order valence-corrected chi connectivity index (χ4v) is 1.52. The summed E-state index contributed by atoms with van der Waals surface area (Å²) in [5, 5.41) is 9.10. The van der Waals surface area contributed by atoms with Crippen molar-refractivity contribution in [2.75, 3.05) is 0 Å². The SMILES string of the molecule is O=C(O)c1cc(Cl)ccc1[AsH2]. The van der Waals surface area contributed by atoms with Crippen molar-refractivity contribution >= 4 is 38.8 Å². The molecule has 0 heterocycles. The van der Waals surface area contributed by atoms with E-state index in [2.05, 4.69) is 0 Å². The molecule has 0 spiro atoms. The number of hydrogen-bond acceptors (Lipinski definition) is 1. The van der Waals surface area contributed by atoms with E-state index in [1.165, 1.54) is 22.9 Å². The van der Waals surface area contributed by atoms with Crippen LogP contribution in [-0.2, 0) is 0 Å². The number of carboxylic acid groups (broad SMARTS) is 1. The Labute approximate surface area is 77.7 Å². The second-order valence-electron chi connectivity index (χ2n) is 2.04. The van der Waals surface area contributed by atoms with E-state index in [1.54, 1.807) is 12.1 Å². The van der Waals surface area contributed by atoms with E-state index in [1.807, 2.05) is 0 Å². The van der Waals surface area contributed by atoms with E-state index < -0.39 is 5.97 Å². The van der Waals surface area contributed by atoms with Crippen LogP contribution in [0.25, 0.3) is 0 Å². The number of aromatic carboxylic acids is 1. The van der Waals surface area contributed by atoms with Gasteiger partial charge in [0.25, 0.3) is 0 Å². The molecule has 11 heavy (non-hydrogen) atoms. The van der Waals surface area contributed by atoms with Gasteiger partial charge >= 0.3 is 77.5 Å². The molecule has 0 radical (unpaired) electrons. The molecule has 4 heteroatoms. The molecule has 0 amide bonds. The van der Waals surface area contributed by atoms with Gasteiger partial charge in [-0.05, 0) is 0 Å². The van der Waals surface area contributed by atoms with Gasteiger partial charge in [-0.2, -0.15) is 0 Å². The Morgan fingerprint density at radius 1 is 1.55 bits per heavy atom. The van der Waals surface area contributed by atoms with Gasteiger partial charge in [-0.3, -0.25) is 0 Å². The van der Waals surface area contributed by atoms with Crippen LogP contribution in [-0.4, -0.2) is 27.9 Å². The minimum atomic E-state index is -0.924. The molecule has 0 bridgehead atoms. The number of halogens is 1. The van der Waals surface area contributed by atoms with Gasteiger partial charge < -0.3 is 0 Å². The van der Waals surface area contributed by atoms with Crippen molar-refractivity contribution in [1.82, 2.24) is 0 Å². The van der Waals surface area contributed by atoms with Crippen molar-refractivity contribution in [3.63, 3.8) is 0 Å². The monoisotopic (exact) mass is 232 g/mol. The molecule has 1 unspecified atom stereocenters. The van der Waals surface area contributed by atoms with Crippen LogP contribution >= 0.6 is 11.6 Å². The average molecular weight is 232 g/mol. The van der Waals surface area contributed by atoms with Gasteiger partial charge in [0.15, 0.2) is 0 Å². The zero-order valence-corrected chi connectivity index (χ0v) is 8.72. The predicted molar refractivity (Wildman–Crippen MR) is 46.6 cm³/mol. The van der Waals surface area contributed by atoms with Gasteiger partial charge in [0.1, 0.15) is 0 Å². The van der Waals surface area contributed by atoms with Crippen molar-refractivity contribution < 1.29 is 9.90 Å². The Kier molecular flexibility index (Phi) is 2.58. The third kappa shape index (κ3) is 1.98. The number of rotatable bonds is 1. The summed E-state index contributed by atoms with van der Waals surface area (Å²) < 4.78 is 0.786. The first-order valence-electron chi connectivity index (χ1n) is 2.89. The fraction of sp³-hybridized carbons (Fsp3) is 0. The van der Waals surface area contributed by atoms with Crippen LogP contribution in [0, 0.1) is 0 Å². The molecule has 0 fully saturated rings. The van der Waals surface area contributed by atoms with Crippen LogP contribution in [0.15, 0.2) is 18.2 Å². The predicted octanol–water partition coefficient (Wildman–Crippen LogP) is 0.297. The van der Waals surface area contributed by atoms with Crippen molar-refractivity contribution in [1.29, 1.82) is 0 Å². The molecule has 1 aromatic rings. The van der Waals surface area contributed by atoms with Crippen LogP contribution in [0.4, 0.5) is 0 Å². The maximum atomic E-state index is 10.5. The summed E-state index contributed by atoms with van der Waals surface area (Å²) in [6, 6.07) is 4.86. The first-order valence-corrected chi connectivity index (χ1v) is 4.48. The van der Waals surface area contributed by atoms with Gasteiger partial charge in [0.2, 0.25) is 0 Å². The summed E-state index contributed by atoms with van der Waals surface area (Å²) in [5.74, 6) is -0.924. The molecule has 0 aromatic heterocycles. The second kappa shape index (κ2) is 3.29. The maximum absolute atomic E-state index is 10.5. The zero-order chi connectivity index (χ0) is 8.43. The van der Waals surface area contributed by atoms with E-state index in [9.17, 15) is 4.79 Å². The van der Waals surface area contributed by atoms with Crippen molar-refractivity contribution in [3.05, 3.63) is 28.8 Å². The summed E-state index contributed by atoms with van der Waals surface area (Å²) in [6.07, 6.45) is 0. The van der Waals surface area contributed by atoms with Gasteiger partial charge in [0.05, 0.1) is 0 Å². The van der Waals surface area contributed by atoms with Crippen LogP contribution in [0.2, 0.25) is 5.02 Å². The summed E-state index contributed by atoms with van der Waals surface area (Å²) in [6.45, 7) is 0. The average Bonchev–Trinajstić information content (AvgIpc) is 1.94. The van der Waals surface area contributed by atoms with Gasteiger partial charge in [-0.1, -0.05) is 0 Å². The van der Waals surface area contributed by atoms with E-state index in [0.717, 1.165) is 4.35 Å². The minimum absolute atomic E-state index is 0.289. The molecule has 1 rings (SSSR count). The zero-order valence-electron chi connectivity index (χ0n) is 5.54. The third-order valence-electron chi connectivity index (χ3n) is 1.25. The first-order chi connectivity index (χ1) is 5.11.